The topological polar surface area (TPSA) is 40.5 Å². The van der Waals surface area contributed by atoms with Gasteiger partial charge in [0.25, 0.3) is 5.91 Å². The van der Waals surface area contributed by atoms with E-state index in [9.17, 15) is 9.90 Å². The molecule has 0 aromatic carbocycles. The first-order valence-corrected chi connectivity index (χ1v) is 8.45. The highest BCUT2D eigenvalue weighted by Crippen LogP contribution is 2.34. The summed E-state index contributed by atoms with van der Waals surface area (Å²) in [7, 11) is 0. The molecule has 1 N–H and O–H groups in total. The molecule has 1 saturated heterocycles. The lowest BCUT2D eigenvalue weighted by molar-refractivity contribution is -0.00204. The van der Waals surface area contributed by atoms with E-state index in [0.717, 1.165) is 24.3 Å². The summed E-state index contributed by atoms with van der Waals surface area (Å²) in [6, 6.07) is 0. The zero-order chi connectivity index (χ0) is 14.3. The van der Waals surface area contributed by atoms with Crippen molar-refractivity contribution in [1.29, 1.82) is 0 Å². The number of carbonyl (C=O) groups excluding carboxylic acids is 1. The van der Waals surface area contributed by atoms with Crippen LogP contribution >= 0.6 is 11.3 Å². The number of fused-ring (bicyclic) bond motifs is 1. The van der Waals surface area contributed by atoms with E-state index >= 15 is 0 Å². The van der Waals surface area contributed by atoms with E-state index in [-0.39, 0.29) is 5.91 Å². The van der Waals surface area contributed by atoms with Gasteiger partial charge in [-0.3, -0.25) is 4.79 Å². The number of hydrogen-bond acceptors (Lipinski definition) is 3. The van der Waals surface area contributed by atoms with Gasteiger partial charge in [0.15, 0.2) is 0 Å². The quantitative estimate of drug-likeness (QED) is 0.865. The van der Waals surface area contributed by atoms with Crippen molar-refractivity contribution < 1.29 is 9.90 Å². The molecular weight excluding hydrogens is 270 g/mol. The Morgan fingerprint density at radius 1 is 1.45 bits per heavy atom. The standard InChI is InChI=1S/C16H23NO2S/c1-11-3-4-12-13(10-20-14(12)9-11)15(18)17-7-5-16(2,19)6-8-17/h10-11,19H,3-9H2,1-2H3. The highest BCUT2D eigenvalue weighted by molar-refractivity contribution is 7.10. The lowest BCUT2D eigenvalue weighted by Gasteiger charge is -2.36. The predicted octanol–water partition coefficient (Wildman–Crippen LogP) is 2.86. The molecule has 1 atom stereocenters. The maximum atomic E-state index is 12.7. The van der Waals surface area contributed by atoms with Crippen LogP contribution in [0.3, 0.4) is 0 Å². The SMILES string of the molecule is CC1CCc2c(C(=O)N3CCC(C)(O)CC3)csc2C1. The van der Waals surface area contributed by atoms with Gasteiger partial charge >= 0.3 is 0 Å². The Morgan fingerprint density at radius 2 is 2.15 bits per heavy atom. The molecule has 3 nitrogen and oxygen atoms in total. The first kappa shape index (κ1) is 14.1. The Kier molecular flexibility index (Phi) is 3.63. The minimum Gasteiger partial charge on any atom is -0.390 e. The van der Waals surface area contributed by atoms with Crippen molar-refractivity contribution in [3.63, 3.8) is 0 Å². The van der Waals surface area contributed by atoms with Gasteiger partial charge in [0.1, 0.15) is 0 Å². The lowest BCUT2D eigenvalue weighted by atomic mass is 9.88. The number of thiophene rings is 1. The molecule has 110 valence electrons. The van der Waals surface area contributed by atoms with Crippen LogP contribution in [0.25, 0.3) is 0 Å². The Bertz CT molecular complexity index is 511. The van der Waals surface area contributed by atoms with Crippen molar-refractivity contribution in [3.8, 4) is 0 Å². The zero-order valence-corrected chi connectivity index (χ0v) is 13.1. The van der Waals surface area contributed by atoms with Crippen LogP contribution < -0.4 is 0 Å². The average molecular weight is 293 g/mol. The van der Waals surface area contributed by atoms with Crippen molar-refractivity contribution in [1.82, 2.24) is 4.90 Å². The normalized spacial score (nSPS) is 25.4. The van der Waals surface area contributed by atoms with Gasteiger partial charge in [-0.25, -0.2) is 0 Å². The molecule has 1 aliphatic carbocycles. The van der Waals surface area contributed by atoms with Gasteiger partial charge < -0.3 is 10.0 Å². The fourth-order valence-electron chi connectivity index (χ4n) is 3.22. The van der Waals surface area contributed by atoms with Gasteiger partial charge in [0.2, 0.25) is 0 Å². The second kappa shape index (κ2) is 5.15. The van der Waals surface area contributed by atoms with Crippen LogP contribution in [0.1, 0.15) is 53.9 Å². The average Bonchev–Trinajstić information content (AvgIpc) is 2.80. The van der Waals surface area contributed by atoms with Crippen LogP contribution in [-0.2, 0) is 12.8 Å². The van der Waals surface area contributed by atoms with Crippen molar-refractivity contribution >= 4 is 17.2 Å². The molecule has 1 aliphatic heterocycles. The molecule has 0 saturated carbocycles. The summed E-state index contributed by atoms with van der Waals surface area (Å²) in [5.74, 6) is 0.918. The number of carbonyl (C=O) groups is 1. The number of piperidine rings is 1. The van der Waals surface area contributed by atoms with Crippen LogP contribution in [0.4, 0.5) is 0 Å². The molecule has 0 radical (unpaired) electrons. The fourth-order valence-corrected chi connectivity index (χ4v) is 4.46. The van der Waals surface area contributed by atoms with Gasteiger partial charge in [-0.2, -0.15) is 0 Å². The highest BCUT2D eigenvalue weighted by Gasteiger charge is 2.32. The third kappa shape index (κ3) is 2.63. The smallest absolute Gasteiger partial charge is 0.254 e. The number of nitrogens with zero attached hydrogens (tertiary/aromatic N) is 1. The second-order valence-corrected chi connectivity index (χ2v) is 7.65. The second-order valence-electron chi connectivity index (χ2n) is 6.69. The van der Waals surface area contributed by atoms with Gasteiger partial charge in [-0.1, -0.05) is 6.92 Å². The van der Waals surface area contributed by atoms with E-state index in [1.54, 1.807) is 11.3 Å². The molecule has 3 rings (SSSR count). The highest BCUT2D eigenvalue weighted by atomic mass is 32.1. The van der Waals surface area contributed by atoms with Crippen LogP contribution in [-0.4, -0.2) is 34.6 Å². The number of amides is 1. The Hall–Kier alpha value is -0.870. The van der Waals surface area contributed by atoms with E-state index in [2.05, 4.69) is 12.3 Å². The molecule has 2 aliphatic rings. The van der Waals surface area contributed by atoms with Crippen molar-refractivity contribution in [2.75, 3.05) is 13.1 Å². The molecule has 2 heterocycles. The maximum absolute atomic E-state index is 12.7. The molecule has 1 aromatic heterocycles. The lowest BCUT2D eigenvalue weighted by Crippen LogP contribution is -2.45. The summed E-state index contributed by atoms with van der Waals surface area (Å²) in [5.41, 5.74) is 1.63. The maximum Gasteiger partial charge on any atom is 0.254 e. The Labute approximate surface area is 124 Å². The first-order chi connectivity index (χ1) is 9.46. The Morgan fingerprint density at radius 3 is 2.85 bits per heavy atom. The van der Waals surface area contributed by atoms with Crippen molar-refractivity contribution in [3.05, 3.63) is 21.4 Å². The van der Waals surface area contributed by atoms with Crippen LogP contribution in [0.5, 0.6) is 0 Å². The molecule has 4 heteroatoms. The summed E-state index contributed by atoms with van der Waals surface area (Å²) in [4.78, 5) is 16.0. The van der Waals surface area contributed by atoms with Gasteiger partial charge in [0, 0.05) is 23.3 Å². The number of aliphatic hydroxyl groups is 1. The Balaban J connectivity index is 1.75. The predicted molar refractivity (Wildman–Crippen MR) is 81.3 cm³/mol. The minimum absolute atomic E-state index is 0.174. The molecule has 20 heavy (non-hydrogen) atoms. The molecule has 0 bridgehead atoms. The van der Waals surface area contributed by atoms with Gasteiger partial charge in [-0.15, -0.1) is 11.3 Å². The molecule has 1 unspecified atom stereocenters. The first-order valence-electron chi connectivity index (χ1n) is 7.57. The third-order valence-corrected chi connectivity index (χ3v) is 5.81. The van der Waals surface area contributed by atoms with Crippen LogP contribution in [0.15, 0.2) is 5.38 Å². The largest absolute Gasteiger partial charge is 0.390 e. The zero-order valence-electron chi connectivity index (χ0n) is 12.3. The summed E-state index contributed by atoms with van der Waals surface area (Å²) in [6.45, 7) is 5.50. The number of rotatable bonds is 1. The third-order valence-electron chi connectivity index (χ3n) is 4.76. The van der Waals surface area contributed by atoms with Crippen molar-refractivity contribution in [2.45, 2.75) is 51.6 Å². The van der Waals surface area contributed by atoms with E-state index in [1.807, 2.05) is 11.8 Å². The minimum atomic E-state index is -0.597. The monoisotopic (exact) mass is 293 g/mol. The summed E-state index contributed by atoms with van der Waals surface area (Å²) < 4.78 is 0. The summed E-state index contributed by atoms with van der Waals surface area (Å²) in [5, 5.41) is 12.0. The van der Waals surface area contributed by atoms with Crippen molar-refractivity contribution in [2.24, 2.45) is 5.92 Å². The van der Waals surface area contributed by atoms with Crippen LogP contribution in [0, 0.1) is 5.92 Å². The van der Waals surface area contributed by atoms with Gasteiger partial charge in [-0.05, 0) is 50.5 Å². The van der Waals surface area contributed by atoms with E-state index in [0.29, 0.717) is 25.9 Å². The van der Waals surface area contributed by atoms with Crippen LogP contribution in [0.2, 0.25) is 0 Å². The fraction of sp³-hybridized carbons (Fsp3) is 0.688. The molecule has 1 aromatic rings. The van der Waals surface area contributed by atoms with E-state index in [4.69, 9.17) is 0 Å². The summed E-state index contributed by atoms with van der Waals surface area (Å²) in [6.07, 6.45) is 4.73. The molecular formula is C16H23NO2S. The molecule has 0 spiro atoms. The molecule has 1 amide bonds. The molecule has 1 fully saturated rings. The van der Waals surface area contributed by atoms with Gasteiger partial charge in [0.05, 0.1) is 11.2 Å². The summed E-state index contributed by atoms with van der Waals surface area (Å²) >= 11 is 1.75. The van der Waals surface area contributed by atoms with E-state index in [1.165, 1.54) is 16.9 Å². The van der Waals surface area contributed by atoms with E-state index < -0.39 is 5.60 Å². The number of likely N-dealkylation sites (tertiary alicyclic amines) is 1. The number of hydrogen-bond donors (Lipinski definition) is 1.